The molecule has 1 heterocycles. The van der Waals surface area contributed by atoms with Crippen LogP contribution in [0.4, 0.5) is 13.2 Å². The van der Waals surface area contributed by atoms with Crippen LogP contribution in [0, 0.1) is 0 Å². The Hall–Kier alpha value is -0.620. The van der Waals surface area contributed by atoms with Gasteiger partial charge in [-0.2, -0.15) is 13.2 Å². The second-order valence-corrected chi connectivity index (χ2v) is 5.99. The van der Waals surface area contributed by atoms with Crippen LogP contribution in [0.15, 0.2) is 40.3 Å². The maximum atomic E-state index is 12.7. The van der Waals surface area contributed by atoms with Crippen molar-refractivity contribution in [2.24, 2.45) is 0 Å². The molecule has 0 spiro atoms. The van der Waals surface area contributed by atoms with E-state index in [0.29, 0.717) is 14.9 Å². The van der Waals surface area contributed by atoms with Gasteiger partial charge in [0.15, 0.2) is 0 Å². The molecule has 0 amide bonds. The summed E-state index contributed by atoms with van der Waals surface area (Å²) >= 11 is 18.2. The van der Waals surface area contributed by atoms with Crippen LogP contribution in [0.3, 0.4) is 0 Å². The average molecular weight is 359 g/mol. The second-order valence-electron chi connectivity index (χ2n) is 3.69. The fourth-order valence-corrected chi connectivity index (χ4v) is 2.86. The summed E-state index contributed by atoms with van der Waals surface area (Å²) in [6, 6.07) is 6.44. The molecule has 0 saturated carbocycles. The lowest BCUT2D eigenvalue weighted by atomic mass is 10.3. The van der Waals surface area contributed by atoms with Gasteiger partial charge in [-0.3, -0.25) is 0 Å². The van der Waals surface area contributed by atoms with E-state index in [-0.39, 0.29) is 10.2 Å². The van der Waals surface area contributed by atoms with Gasteiger partial charge in [-0.05, 0) is 30.3 Å². The van der Waals surface area contributed by atoms with Crippen molar-refractivity contribution in [3.8, 4) is 0 Å². The lowest BCUT2D eigenvalue weighted by Crippen LogP contribution is -2.05. The minimum Gasteiger partial charge on any atom is -0.229 e. The van der Waals surface area contributed by atoms with Crippen LogP contribution in [-0.4, -0.2) is 4.98 Å². The van der Waals surface area contributed by atoms with Gasteiger partial charge in [0.2, 0.25) is 0 Å². The summed E-state index contributed by atoms with van der Waals surface area (Å²) in [7, 11) is 0. The van der Waals surface area contributed by atoms with Crippen molar-refractivity contribution in [3.05, 3.63) is 51.1 Å². The van der Waals surface area contributed by atoms with Gasteiger partial charge in [0, 0.05) is 4.90 Å². The molecule has 0 radical (unpaired) electrons. The minimum atomic E-state index is -4.47. The van der Waals surface area contributed by atoms with Crippen molar-refractivity contribution in [2.75, 3.05) is 0 Å². The van der Waals surface area contributed by atoms with Crippen LogP contribution in [0.5, 0.6) is 0 Å². The maximum Gasteiger partial charge on any atom is 0.416 e. The van der Waals surface area contributed by atoms with Crippen LogP contribution in [0.25, 0.3) is 0 Å². The van der Waals surface area contributed by atoms with Crippen molar-refractivity contribution >= 4 is 46.6 Å². The predicted molar refractivity (Wildman–Crippen MR) is 74.8 cm³/mol. The first kappa shape index (κ1) is 15.8. The summed E-state index contributed by atoms with van der Waals surface area (Å²) in [5, 5.41) is 0.589. The van der Waals surface area contributed by atoms with E-state index in [1.165, 1.54) is 0 Å². The molecule has 2 aromatic rings. The third-order valence-corrected chi connectivity index (χ3v) is 4.05. The molecule has 106 valence electrons. The van der Waals surface area contributed by atoms with E-state index in [1.807, 2.05) is 0 Å². The molecule has 0 N–H and O–H groups in total. The van der Waals surface area contributed by atoms with Gasteiger partial charge in [-0.1, -0.05) is 46.6 Å². The molecule has 0 unspecified atom stereocenters. The molecule has 1 aromatic carbocycles. The van der Waals surface area contributed by atoms with Gasteiger partial charge in [-0.25, -0.2) is 4.98 Å². The fraction of sp³-hybridized carbons (Fsp3) is 0.0833. The number of hydrogen-bond donors (Lipinski definition) is 0. The SMILES string of the molecule is FC(F)(F)c1cc(Cl)nc(Sc2ccc(Cl)c(Cl)c2)c1. The molecule has 2 rings (SSSR count). The first-order chi connectivity index (χ1) is 9.25. The molecule has 0 aliphatic rings. The van der Waals surface area contributed by atoms with E-state index in [1.54, 1.807) is 18.2 Å². The highest BCUT2D eigenvalue weighted by atomic mass is 35.5. The predicted octanol–water partition coefficient (Wildman–Crippen LogP) is 6.21. The number of aromatic nitrogens is 1. The van der Waals surface area contributed by atoms with Crippen molar-refractivity contribution in [1.29, 1.82) is 0 Å². The van der Waals surface area contributed by atoms with Crippen molar-refractivity contribution < 1.29 is 13.2 Å². The van der Waals surface area contributed by atoms with Gasteiger partial charge >= 0.3 is 6.18 Å². The third-order valence-electron chi connectivity index (χ3n) is 2.21. The van der Waals surface area contributed by atoms with E-state index in [4.69, 9.17) is 34.8 Å². The Morgan fingerprint density at radius 1 is 0.950 bits per heavy atom. The highest BCUT2D eigenvalue weighted by Crippen LogP contribution is 2.36. The van der Waals surface area contributed by atoms with Crippen LogP contribution in [-0.2, 0) is 6.18 Å². The molecule has 8 heteroatoms. The largest absolute Gasteiger partial charge is 0.416 e. The number of pyridine rings is 1. The molecule has 0 saturated heterocycles. The number of alkyl halides is 3. The Kier molecular flexibility index (Phi) is 4.74. The first-order valence-corrected chi connectivity index (χ1v) is 7.08. The highest BCUT2D eigenvalue weighted by Gasteiger charge is 2.31. The fourth-order valence-electron chi connectivity index (χ4n) is 1.35. The summed E-state index contributed by atoms with van der Waals surface area (Å²) in [6.45, 7) is 0. The Morgan fingerprint density at radius 3 is 2.25 bits per heavy atom. The monoisotopic (exact) mass is 357 g/mol. The summed E-state index contributed by atoms with van der Waals surface area (Å²) in [5.74, 6) is 0. The molecule has 1 nitrogen and oxygen atoms in total. The molecule has 0 aliphatic carbocycles. The molecular weight excluding hydrogens is 354 g/mol. The van der Waals surface area contributed by atoms with Gasteiger partial charge in [0.25, 0.3) is 0 Å². The highest BCUT2D eigenvalue weighted by molar-refractivity contribution is 7.99. The van der Waals surface area contributed by atoms with E-state index in [9.17, 15) is 13.2 Å². The smallest absolute Gasteiger partial charge is 0.229 e. The molecular formula is C12H5Cl3F3NS. The number of benzene rings is 1. The Balaban J connectivity index is 2.33. The van der Waals surface area contributed by atoms with E-state index in [0.717, 1.165) is 23.9 Å². The van der Waals surface area contributed by atoms with Crippen LogP contribution >= 0.6 is 46.6 Å². The summed E-state index contributed by atoms with van der Waals surface area (Å²) in [6.07, 6.45) is -4.47. The zero-order valence-electron chi connectivity index (χ0n) is 9.51. The zero-order chi connectivity index (χ0) is 14.9. The molecule has 0 atom stereocenters. The van der Waals surface area contributed by atoms with E-state index < -0.39 is 11.7 Å². The lowest BCUT2D eigenvalue weighted by molar-refractivity contribution is -0.137. The van der Waals surface area contributed by atoms with Gasteiger partial charge in [0.1, 0.15) is 10.2 Å². The minimum absolute atomic E-state index is 0.128. The Morgan fingerprint density at radius 2 is 1.65 bits per heavy atom. The van der Waals surface area contributed by atoms with Crippen molar-refractivity contribution in [2.45, 2.75) is 16.1 Å². The Bertz CT molecular complexity index is 646. The van der Waals surface area contributed by atoms with E-state index in [2.05, 4.69) is 4.98 Å². The van der Waals surface area contributed by atoms with Crippen LogP contribution < -0.4 is 0 Å². The van der Waals surface area contributed by atoms with Gasteiger partial charge in [0.05, 0.1) is 15.6 Å². The number of halogens is 6. The quantitative estimate of drug-likeness (QED) is 0.592. The Labute approximate surface area is 132 Å². The third kappa shape index (κ3) is 3.95. The molecule has 0 aliphatic heterocycles. The average Bonchev–Trinajstić information content (AvgIpc) is 2.32. The summed E-state index contributed by atoms with van der Waals surface area (Å²) in [5.41, 5.74) is -0.847. The first-order valence-electron chi connectivity index (χ1n) is 5.13. The van der Waals surface area contributed by atoms with Crippen LogP contribution in [0.1, 0.15) is 5.56 Å². The van der Waals surface area contributed by atoms with Gasteiger partial charge < -0.3 is 0 Å². The van der Waals surface area contributed by atoms with Gasteiger partial charge in [-0.15, -0.1) is 0 Å². The van der Waals surface area contributed by atoms with Crippen molar-refractivity contribution in [3.63, 3.8) is 0 Å². The molecule has 20 heavy (non-hydrogen) atoms. The van der Waals surface area contributed by atoms with Crippen LogP contribution in [0.2, 0.25) is 15.2 Å². The second kappa shape index (κ2) is 6.02. The number of nitrogens with zero attached hydrogens (tertiary/aromatic N) is 1. The maximum absolute atomic E-state index is 12.7. The summed E-state index contributed by atoms with van der Waals surface area (Å²) < 4.78 is 38.0. The zero-order valence-corrected chi connectivity index (χ0v) is 12.6. The standard InChI is InChI=1S/C12H5Cl3F3NS/c13-8-2-1-7(5-9(8)14)20-11-4-6(12(16,17)18)3-10(15)19-11/h1-5H. The number of hydrogen-bond acceptors (Lipinski definition) is 2. The normalized spacial score (nSPS) is 11.7. The molecule has 0 fully saturated rings. The van der Waals surface area contributed by atoms with E-state index >= 15 is 0 Å². The molecule has 1 aromatic heterocycles. The molecule has 0 bridgehead atoms. The topological polar surface area (TPSA) is 12.9 Å². The van der Waals surface area contributed by atoms with Crippen molar-refractivity contribution in [1.82, 2.24) is 4.98 Å². The summed E-state index contributed by atoms with van der Waals surface area (Å²) in [4.78, 5) is 4.46. The number of rotatable bonds is 2. The lowest BCUT2D eigenvalue weighted by Gasteiger charge is -2.09.